The lowest BCUT2D eigenvalue weighted by Gasteiger charge is -1.98. The fourth-order valence-electron chi connectivity index (χ4n) is 1.07. The zero-order valence-electron chi connectivity index (χ0n) is 8.30. The summed E-state index contributed by atoms with van der Waals surface area (Å²) in [5.41, 5.74) is 7.21. The van der Waals surface area contributed by atoms with Crippen LogP contribution in [0.5, 0.6) is 0 Å². The molecule has 0 saturated heterocycles. The fraction of sp³-hybridized carbons (Fsp3) is 0.200. The largest absolute Gasteiger partial charge is 0.439 e. The summed E-state index contributed by atoms with van der Waals surface area (Å²) in [6.45, 7) is 2.35. The zero-order chi connectivity index (χ0) is 10.7. The molecule has 0 aliphatic heterocycles. The molecule has 0 aliphatic carbocycles. The van der Waals surface area contributed by atoms with Crippen molar-refractivity contribution in [2.75, 3.05) is 0 Å². The number of nitrogens with zero attached hydrogens (tertiary/aromatic N) is 2. The van der Waals surface area contributed by atoms with E-state index in [0.717, 1.165) is 16.3 Å². The van der Waals surface area contributed by atoms with Crippen LogP contribution in [0.2, 0.25) is 0 Å². The van der Waals surface area contributed by atoms with Crippen LogP contribution in [0.4, 0.5) is 0 Å². The van der Waals surface area contributed by atoms with Gasteiger partial charge < -0.3 is 10.2 Å². The van der Waals surface area contributed by atoms with Crippen LogP contribution < -0.4 is 5.73 Å². The van der Waals surface area contributed by atoms with E-state index < -0.39 is 0 Å². The first-order chi connectivity index (χ1) is 7.28. The molecule has 0 atom stereocenters. The predicted octanol–water partition coefficient (Wildman–Crippen LogP) is 1.99. The highest BCUT2D eigenvalue weighted by molar-refractivity contribution is 7.99. The van der Waals surface area contributed by atoms with E-state index in [2.05, 4.69) is 9.97 Å². The highest BCUT2D eigenvalue weighted by atomic mass is 32.2. The minimum absolute atomic E-state index is 0.461. The van der Waals surface area contributed by atoms with Crippen LogP contribution in [0.1, 0.15) is 11.4 Å². The fourth-order valence-corrected chi connectivity index (χ4v) is 1.80. The van der Waals surface area contributed by atoms with Crippen molar-refractivity contribution < 1.29 is 4.42 Å². The lowest BCUT2D eigenvalue weighted by molar-refractivity contribution is 0.454. The second-order valence-corrected chi connectivity index (χ2v) is 4.07. The number of oxazole rings is 1. The summed E-state index contributed by atoms with van der Waals surface area (Å²) in [7, 11) is 0. The third-order valence-electron chi connectivity index (χ3n) is 1.81. The van der Waals surface area contributed by atoms with Crippen molar-refractivity contribution in [3.8, 4) is 0 Å². The minimum Gasteiger partial charge on any atom is -0.439 e. The van der Waals surface area contributed by atoms with Crippen LogP contribution in [0.3, 0.4) is 0 Å². The van der Waals surface area contributed by atoms with Crippen LogP contribution in [-0.2, 0) is 6.54 Å². The second-order valence-electron chi connectivity index (χ2n) is 3.05. The van der Waals surface area contributed by atoms with Gasteiger partial charge in [0.05, 0.1) is 11.4 Å². The van der Waals surface area contributed by atoms with Crippen molar-refractivity contribution >= 4 is 11.8 Å². The number of pyridine rings is 1. The molecular weight excluding hydrogens is 210 g/mol. The van der Waals surface area contributed by atoms with E-state index >= 15 is 0 Å². The summed E-state index contributed by atoms with van der Waals surface area (Å²) >= 11 is 1.45. The Hall–Kier alpha value is -1.33. The second kappa shape index (κ2) is 4.46. The molecule has 78 valence electrons. The van der Waals surface area contributed by atoms with E-state index in [1.54, 1.807) is 12.5 Å². The molecule has 0 amide bonds. The van der Waals surface area contributed by atoms with Crippen molar-refractivity contribution in [3.63, 3.8) is 0 Å². The molecule has 0 aromatic carbocycles. The summed E-state index contributed by atoms with van der Waals surface area (Å²) in [5, 5.41) is 0.634. The summed E-state index contributed by atoms with van der Waals surface area (Å²) in [5.74, 6) is 0. The quantitative estimate of drug-likeness (QED) is 0.858. The van der Waals surface area contributed by atoms with Crippen molar-refractivity contribution in [1.29, 1.82) is 0 Å². The van der Waals surface area contributed by atoms with Crippen LogP contribution in [0.25, 0.3) is 0 Å². The molecule has 0 unspecified atom stereocenters. The Morgan fingerprint density at radius 2 is 2.33 bits per heavy atom. The Kier molecular flexibility index (Phi) is 3.03. The molecule has 2 rings (SSSR count). The summed E-state index contributed by atoms with van der Waals surface area (Å²) < 4.78 is 5.22. The van der Waals surface area contributed by atoms with Gasteiger partial charge in [-0.15, -0.1) is 0 Å². The monoisotopic (exact) mass is 221 g/mol. The van der Waals surface area contributed by atoms with E-state index in [1.165, 1.54) is 11.8 Å². The lowest BCUT2D eigenvalue weighted by atomic mass is 10.4. The van der Waals surface area contributed by atoms with Gasteiger partial charge in [-0.2, -0.15) is 0 Å². The number of hydrogen-bond acceptors (Lipinski definition) is 5. The van der Waals surface area contributed by atoms with E-state index in [9.17, 15) is 0 Å². The summed E-state index contributed by atoms with van der Waals surface area (Å²) in [6, 6.07) is 3.86. The van der Waals surface area contributed by atoms with Gasteiger partial charge in [0.15, 0.2) is 0 Å². The van der Waals surface area contributed by atoms with Gasteiger partial charge in [-0.05, 0) is 30.8 Å². The molecular formula is C10H11N3OS. The van der Waals surface area contributed by atoms with Gasteiger partial charge in [-0.3, -0.25) is 4.98 Å². The van der Waals surface area contributed by atoms with E-state index in [4.69, 9.17) is 10.2 Å². The number of hydrogen-bond donors (Lipinski definition) is 1. The van der Waals surface area contributed by atoms with Gasteiger partial charge in [-0.1, -0.05) is 0 Å². The molecule has 0 spiro atoms. The molecule has 2 aromatic rings. The van der Waals surface area contributed by atoms with Crippen LogP contribution >= 0.6 is 11.8 Å². The van der Waals surface area contributed by atoms with E-state index in [0.29, 0.717) is 11.8 Å². The van der Waals surface area contributed by atoms with Crippen molar-refractivity contribution in [2.45, 2.75) is 23.6 Å². The maximum absolute atomic E-state index is 5.46. The Balaban J connectivity index is 2.11. The SMILES string of the molecule is Cc1coc(Sc2ccc(CN)nc2)n1. The Morgan fingerprint density at radius 3 is 2.87 bits per heavy atom. The van der Waals surface area contributed by atoms with Gasteiger partial charge >= 0.3 is 0 Å². The average molecular weight is 221 g/mol. The van der Waals surface area contributed by atoms with E-state index in [-0.39, 0.29) is 0 Å². The van der Waals surface area contributed by atoms with Gasteiger partial charge in [0, 0.05) is 17.6 Å². The van der Waals surface area contributed by atoms with E-state index in [1.807, 2.05) is 19.1 Å². The summed E-state index contributed by atoms with van der Waals surface area (Å²) in [4.78, 5) is 9.37. The molecule has 0 bridgehead atoms. The average Bonchev–Trinajstić information content (AvgIpc) is 2.65. The number of rotatable bonds is 3. The minimum atomic E-state index is 0.461. The van der Waals surface area contributed by atoms with Gasteiger partial charge in [-0.25, -0.2) is 4.98 Å². The first kappa shape index (κ1) is 10.2. The predicted molar refractivity (Wildman–Crippen MR) is 57.5 cm³/mol. The molecule has 5 heteroatoms. The van der Waals surface area contributed by atoms with Crippen molar-refractivity contribution in [2.24, 2.45) is 5.73 Å². The Labute approximate surface area is 91.9 Å². The Bertz CT molecular complexity index is 438. The molecule has 0 saturated carbocycles. The molecule has 4 nitrogen and oxygen atoms in total. The highest BCUT2D eigenvalue weighted by Gasteiger charge is 2.03. The smallest absolute Gasteiger partial charge is 0.260 e. The van der Waals surface area contributed by atoms with Crippen LogP contribution in [-0.4, -0.2) is 9.97 Å². The molecule has 0 aliphatic rings. The Morgan fingerprint density at radius 1 is 1.47 bits per heavy atom. The highest BCUT2D eigenvalue weighted by Crippen LogP contribution is 2.25. The number of aromatic nitrogens is 2. The standard InChI is InChI=1S/C10H11N3OS/c1-7-6-14-10(13-7)15-9-3-2-8(4-11)12-5-9/h2-3,5-6H,4,11H2,1H3. The molecule has 2 heterocycles. The molecule has 0 fully saturated rings. The van der Waals surface area contributed by atoms with Gasteiger partial charge in [0.1, 0.15) is 6.26 Å². The normalized spacial score (nSPS) is 10.5. The topological polar surface area (TPSA) is 64.9 Å². The zero-order valence-corrected chi connectivity index (χ0v) is 9.12. The third-order valence-corrected chi connectivity index (χ3v) is 2.65. The third kappa shape index (κ3) is 2.57. The maximum atomic E-state index is 5.46. The van der Waals surface area contributed by atoms with Crippen molar-refractivity contribution in [1.82, 2.24) is 9.97 Å². The maximum Gasteiger partial charge on any atom is 0.260 e. The molecule has 0 radical (unpaired) electrons. The first-order valence-corrected chi connectivity index (χ1v) is 5.34. The molecule has 2 aromatic heterocycles. The number of nitrogens with two attached hydrogens (primary N) is 1. The number of aryl methyl sites for hydroxylation is 1. The molecule has 2 N–H and O–H groups in total. The van der Waals surface area contributed by atoms with Gasteiger partial charge in [0.25, 0.3) is 5.22 Å². The summed E-state index contributed by atoms with van der Waals surface area (Å²) in [6.07, 6.45) is 3.40. The van der Waals surface area contributed by atoms with Crippen molar-refractivity contribution in [3.05, 3.63) is 36.0 Å². The lowest BCUT2D eigenvalue weighted by Crippen LogP contribution is -1.98. The van der Waals surface area contributed by atoms with Crippen LogP contribution in [0.15, 0.2) is 39.1 Å². The molecule has 15 heavy (non-hydrogen) atoms. The first-order valence-electron chi connectivity index (χ1n) is 4.53. The van der Waals surface area contributed by atoms with Crippen LogP contribution in [0, 0.1) is 6.92 Å². The van der Waals surface area contributed by atoms with Gasteiger partial charge in [0.2, 0.25) is 0 Å².